The molecular weight excluding hydrogens is 357 g/mol. The number of methoxy groups -OCH3 is 1. The van der Waals surface area contributed by atoms with Gasteiger partial charge >= 0.3 is 12.2 Å². The number of anilines is 1. The highest BCUT2D eigenvalue weighted by Gasteiger charge is 2.35. The van der Waals surface area contributed by atoms with Crippen molar-refractivity contribution < 1.29 is 23.0 Å². The highest BCUT2D eigenvalue weighted by molar-refractivity contribution is 7.18. The number of hydrogen-bond donors (Lipinski definition) is 2. The van der Waals surface area contributed by atoms with Gasteiger partial charge in [0.2, 0.25) is 0 Å². The third-order valence-electron chi connectivity index (χ3n) is 4.32. The van der Waals surface area contributed by atoms with E-state index in [9.17, 15) is 18.3 Å². The summed E-state index contributed by atoms with van der Waals surface area (Å²) in [6, 6.07) is 1.15. The molecule has 1 fully saturated rings. The molecule has 2 aromatic heterocycles. The van der Waals surface area contributed by atoms with Crippen LogP contribution < -0.4 is 15.4 Å². The molecule has 0 spiro atoms. The largest absolute Gasteiger partial charge is 0.467 e. The number of fused-ring (bicyclic) bond motifs is 1. The highest BCUT2D eigenvalue weighted by Crippen LogP contribution is 2.37. The lowest BCUT2D eigenvalue weighted by molar-refractivity contribution is -0.126. The van der Waals surface area contributed by atoms with Crippen molar-refractivity contribution in [2.75, 3.05) is 19.1 Å². The molecule has 1 saturated carbocycles. The van der Waals surface area contributed by atoms with E-state index in [2.05, 4.69) is 9.97 Å². The molecule has 138 valence electrons. The Morgan fingerprint density at radius 3 is 2.68 bits per heavy atom. The molecule has 0 unspecified atom stereocenters. The predicted molar refractivity (Wildman–Crippen MR) is 89.1 cm³/mol. The van der Waals surface area contributed by atoms with E-state index in [1.807, 2.05) is 0 Å². The Labute approximate surface area is 146 Å². The summed E-state index contributed by atoms with van der Waals surface area (Å²) in [6.07, 6.45) is -4.88. The van der Waals surface area contributed by atoms with E-state index < -0.39 is 18.7 Å². The fourth-order valence-corrected chi connectivity index (χ4v) is 4.23. The first-order valence-electron chi connectivity index (χ1n) is 7.75. The SMILES string of the molecule is COc1nc(N(C)[C@H]2C[C@@H](N)C[C@H]2O)c2cc(CC(F)(F)F)sc2n1. The van der Waals surface area contributed by atoms with E-state index in [1.54, 1.807) is 11.9 Å². The van der Waals surface area contributed by atoms with Crippen LogP contribution in [-0.4, -0.2) is 53.6 Å². The maximum Gasteiger partial charge on any atom is 0.393 e. The average molecular weight is 376 g/mol. The van der Waals surface area contributed by atoms with Gasteiger partial charge in [0.05, 0.1) is 31.1 Å². The molecule has 1 aliphatic carbocycles. The van der Waals surface area contributed by atoms with Crippen LogP contribution in [-0.2, 0) is 6.42 Å². The zero-order valence-electron chi connectivity index (χ0n) is 13.7. The van der Waals surface area contributed by atoms with E-state index in [4.69, 9.17) is 10.5 Å². The molecule has 0 bridgehead atoms. The number of nitrogens with zero attached hydrogens (tertiary/aromatic N) is 3. The lowest BCUT2D eigenvalue weighted by Crippen LogP contribution is -2.38. The number of nitrogens with two attached hydrogens (primary N) is 1. The number of thiophene rings is 1. The van der Waals surface area contributed by atoms with Crippen LogP contribution >= 0.6 is 11.3 Å². The molecule has 0 saturated heterocycles. The first-order chi connectivity index (χ1) is 11.7. The van der Waals surface area contributed by atoms with Crippen LogP contribution in [0.25, 0.3) is 10.2 Å². The monoisotopic (exact) mass is 376 g/mol. The molecule has 10 heteroatoms. The Morgan fingerprint density at radius 2 is 2.12 bits per heavy atom. The number of aliphatic hydroxyl groups is 1. The maximum absolute atomic E-state index is 12.7. The van der Waals surface area contributed by atoms with Crippen molar-refractivity contribution in [3.05, 3.63) is 10.9 Å². The molecular formula is C15H19F3N4O2S. The van der Waals surface area contributed by atoms with Crippen molar-refractivity contribution >= 4 is 27.4 Å². The Balaban J connectivity index is 2.03. The van der Waals surface area contributed by atoms with Crippen molar-refractivity contribution in [3.8, 4) is 6.01 Å². The van der Waals surface area contributed by atoms with E-state index in [0.29, 0.717) is 28.9 Å². The lowest BCUT2D eigenvalue weighted by Gasteiger charge is -2.28. The predicted octanol–water partition coefficient (Wildman–Crippen LogP) is 2.09. The van der Waals surface area contributed by atoms with Gasteiger partial charge in [0, 0.05) is 18.0 Å². The number of hydrogen-bond acceptors (Lipinski definition) is 7. The van der Waals surface area contributed by atoms with Gasteiger partial charge in [-0.05, 0) is 18.9 Å². The fourth-order valence-electron chi connectivity index (χ4n) is 3.19. The zero-order chi connectivity index (χ0) is 18.4. The summed E-state index contributed by atoms with van der Waals surface area (Å²) in [7, 11) is 3.14. The summed E-state index contributed by atoms with van der Waals surface area (Å²) in [4.78, 5) is 10.8. The minimum atomic E-state index is -4.29. The normalized spacial score (nSPS) is 24.0. The molecule has 0 amide bonds. The standard InChI is InChI=1S/C15H19F3N4O2S/c1-22(10-3-7(19)4-11(10)23)12-9-5-8(6-15(16,17)18)25-13(9)21-14(20-12)24-2/h5,7,10-11,23H,3-4,6,19H2,1-2H3/t7-,10+,11-/m1/s1. The molecule has 2 heterocycles. The van der Waals surface area contributed by atoms with Crippen LogP contribution in [0.1, 0.15) is 17.7 Å². The first-order valence-corrected chi connectivity index (χ1v) is 8.57. The second kappa shape index (κ2) is 6.58. The minimum Gasteiger partial charge on any atom is -0.467 e. The van der Waals surface area contributed by atoms with Crippen molar-refractivity contribution in [2.24, 2.45) is 5.73 Å². The fraction of sp³-hybridized carbons (Fsp3) is 0.600. The maximum atomic E-state index is 12.7. The summed E-state index contributed by atoms with van der Waals surface area (Å²) < 4.78 is 43.2. The van der Waals surface area contributed by atoms with Crippen LogP contribution in [0.3, 0.4) is 0 Å². The first kappa shape index (κ1) is 18.2. The van der Waals surface area contributed by atoms with Gasteiger partial charge in [-0.15, -0.1) is 11.3 Å². The third kappa shape index (κ3) is 3.80. The van der Waals surface area contributed by atoms with Crippen molar-refractivity contribution in [1.82, 2.24) is 9.97 Å². The molecule has 6 nitrogen and oxygen atoms in total. The van der Waals surface area contributed by atoms with Crippen LogP contribution in [0.4, 0.5) is 19.0 Å². The molecule has 0 aliphatic heterocycles. The van der Waals surface area contributed by atoms with Gasteiger partial charge in [-0.3, -0.25) is 0 Å². The molecule has 0 aromatic carbocycles. The minimum absolute atomic E-state index is 0.0755. The van der Waals surface area contributed by atoms with Gasteiger partial charge in [-0.2, -0.15) is 23.1 Å². The molecule has 3 atom stereocenters. The Morgan fingerprint density at radius 1 is 1.40 bits per heavy atom. The van der Waals surface area contributed by atoms with Crippen molar-refractivity contribution in [3.63, 3.8) is 0 Å². The van der Waals surface area contributed by atoms with Gasteiger partial charge in [0.15, 0.2) is 0 Å². The number of aromatic nitrogens is 2. The van der Waals surface area contributed by atoms with Crippen LogP contribution in [0, 0.1) is 0 Å². The average Bonchev–Trinajstić information content (AvgIpc) is 3.05. The molecule has 0 radical (unpaired) electrons. The Bertz CT molecular complexity index is 767. The van der Waals surface area contributed by atoms with Crippen molar-refractivity contribution in [2.45, 2.75) is 43.6 Å². The number of halogens is 3. The summed E-state index contributed by atoms with van der Waals surface area (Å²) in [5.41, 5.74) is 5.91. The van der Waals surface area contributed by atoms with Crippen LogP contribution in [0.15, 0.2) is 6.07 Å². The van der Waals surface area contributed by atoms with Crippen LogP contribution in [0.5, 0.6) is 6.01 Å². The van der Waals surface area contributed by atoms with Crippen LogP contribution in [0.2, 0.25) is 0 Å². The second-order valence-electron chi connectivity index (χ2n) is 6.23. The van der Waals surface area contributed by atoms with E-state index in [0.717, 1.165) is 11.3 Å². The zero-order valence-corrected chi connectivity index (χ0v) is 14.6. The topological polar surface area (TPSA) is 84.5 Å². The smallest absolute Gasteiger partial charge is 0.393 e. The second-order valence-corrected chi connectivity index (χ2v) is 7.35. The number of ether oxygens (including phenoxy) is 1. The number of alkyl halides is 3. The molecule has 25 heavy (non-hydrogen) atoms. The molecule has 2 aromatic rings. The van der Waals surface area contributed by atoms with E-state index in [1.165, 1.54) is 13.2 Å². The molecule has 3 N–H and O–H groups in total. The number of likely N-dealkylation sites (N-methyl/N-ethyl adjacent to an activating group) is 1. The third-order valence-corrected chi connectivity index (χ3v) is 5.35. The summed E-state index contributed by atoms with van der Waals surface area (Å²) in [5.74, 6) is 0.435. The van der Waals surface area contributed by atoms with E-state index >= 15 is 0 Å². The number of aliphatic hydroxyl groups excluding tert-OH is 1. The summed E-state index contributed by atoms with van der Waals surface area (Å²) in [5, 5.41) is 10.7. The number of rotatable bonds is 4. The highest BCUT2D eigenvalue weighted by atomic mass is 32.1. The van der Waals surface area contributed by atoms with Gasteiger partial charge in [-0.25, -0.2) is 0 Å². The summed E-state index contributed by atoms with van der Waals surface area (Å²) in [6.45, 7) is 0. The quantitative estimate of drug-likeness (QED) is 0.850. The molecule has 3 rings (SSSR count). The lowest BCUT2D eigenvalue weighted by atomic mass is 10.1. The Hall–Kier alpha value is -1.65. The van der Waals surface area contributed by atoms with Gasteiger partial charge < -0.3 is 20.5 Å². The van der Waals surface area contributed by atoms with Crippen molar-refractivity contribution in [1.29, 1.82) is 0 Å². The van der Waals surface area contributed by atoms with Gasteiger partial charge in [0.25, 0.3) is 0 Å². The molecule has 1 aliphatic rings. The Kier molecular flexibility index (Phi) is 4.78. The summed E-state index contributed by atoms with van der Waals surface area (Å²) >= 11 is 0.964. The van der Waals surface area contributed by atoms with Gasteiger partial charge in [0.1, 0.15) is 10.6 Å². The van der Waals surface area contributed by atoms with E-state index in [-0.39, 0.29) is 23.0 Å². The van der Waals surface area contributed by atoms with Gasteiger partial charge in [-0.1, -0.05) is 0 Å².